The summed E-state index contributed by atoms with van der Waals surface area (Å²) in [4.78, 5) is 11.7. The first-order chi connectivity index (χ1) is 9.24. The summed E-state index contributed by atoms with van der Waals surface area (Å²) in [5.74, 6) is -0.0324. The van der Waals surface area contributed by atoms with Gasteiger partial charge in [-0.3, -0.25) is 4.79 Å². The summed E-state index contributed by atoms with van der Waals surface area (Å²) in [5, 5.41) is 2.87. The molecule has 0 saturated heterocycles. The average Bonchev–Trinajstić information content (AvgIpc) is 2.46. The molecule has 1 aromatic carbocycles. The number of carbonyl (C=O) groups is 1. The molecule has 0 saturated carbocycles. The van der Waals surface area contributed by atoms with E-state index in [1.807, 2.05) is 18.2 Å². The molecule has 0 fully saturated rings. The van der Waals surface area contributed by atoms with Crippen molar-refractivity contribution in [3.05, 3.63) is 47.8 Å². The number of rotatable bonds is 8. The van der Waals surface area contributed by atoms with Crippen molar-refractivity contribution in [2.45, 2.75) is 25.7 Å². The minimum absolute atomic E-state index is 0.0402. The molecule has 0 aromatic heterocycles. The number of hydrogen-bond acceptors (Lipinski definition) is 2. The van der Waals surface area contributed by atoms with E-state index in [0.717, 1.165) is 25.7 Å². The van der Waals surface area contributed by atoms with Gasteiger partial charge in [0.1, 0.15) is 5.83 Å². The molecule has 0 bridgehead atoms. The number of allylic oxidation sites excluding steroid dienone is 1. The fourth-order valence-corrected chi connectivity index (χ4v) is 1.79. The van der Waals surface area contributed by atoms with Crippen LogP contribution in [0.2, 0.25) is 0 Å². The van der Waals surface area contributed by atoms with Crippen molar-refractivity contribution in [3.8, 4) is 0 Å². The van der Waals surface area contributed by atoms with Crippen LogP contribution >= 0.6 is 12.6 Å². The Morgan fingerprint density at radius 1 is 1.21 bits per heavy atom. The Morgan fingerprint density at radius 3 is 2.63 bits per heavy atom. The van der Waals surface area contributed by atoms with E-state index < -0.39 is 0 Å². The molecule has 0 spiro atoms. The Labute approximate surface area is 119 Å². The lowest BCUT2D eigenvalue weighted by molar-refractivity contribution is 0.0953. The van der Waals surface area contributed by atoms with E-state index in [4.69, 9.17) is 0 Å². The summed E-state index contributed by atoms with van der Waals surface area (Å²) < 4.78 is 12.7. The molecule has 1 amide bonds. The number of amides is 1. The maximum absolute atomic E-state index is 12.7. The van der Waals surface area contributed by atoms with Crippen molar-refractivity contribution in [1.82, 2.24) is 5.32 Å². The van der Waals surface area contributed by atoms with Gasteiger partial charge < -0.3 is 5.32 Å². The van der Waals surface area contributed by atoms with Crippen molar-refractivity contribution in [3.63, 3.8) is 0 Å². The fourth-order valence-electron chi connectivity index (χ4n) is 1.66. The zero-order valence-electron chi connectivity index (χ0n) is 10.9. The first-order valence-electron chi connectivity index (χ1n) is 6.52. The van der Waals surface area contributed by atoms with E-state index in [-0.39, 0.29) is 17.5 Å². The molecule has 104 valence electrons. The Balaban J connectivity index is 2.07. The molecular formula is C15H20FNOS. The maximum Gasteiger partial charge on any atom is 0.251 e. The number of unbranched alkanes of at least 4 members (excludes halogenated alkanes) is 3. The van der Waals surface area contributed by atoms with Crippen molar-refractivity contribution in [2.24, 2.45) is 0 Å². The van der Waals surface area contributed by atoms with Gasteiger partial charge in [0.15, 0.2) is 0 Å². The van der Waals surface area contributed by atoms with Crippen LogP contribution in [0, 0.1) is 0 Å². The predicted molar refractivity (Wildman–Crippen MR) is 80.3 cm³/mol. The van der Waals surface area contributed by atoms with Crippen LogP contribution in [0.3, 0.4) is 0 Å². The van der Waals surface area contributed by atoms with E-state index in [0.29, 0.717) is 12.1 Å². The monoisotopic (exact) mass is 281 g/mol. The van der Waals surface area contributed by atoms with Crippen LogP contribution in [-0.4, -0.2) is 18.2 Å². The number of halogens is 1. The second-order valence-electron chi connectivity index (χ2n) is 4.28. The third-order valence-electron chi connectivity index (χ3n) is 2.72. The Kier molecular flexibility index (Phi) is 7.98. The molecule has 1 aromatic rings. The number of carbonyl (C=O) groups excluding carboxylic acids is 1. The van der Waals surface area contributed by atoms with Gasteiger partial charge in [0.25, 0.3) is 5.91 Å². The maximum atomic E-state index is 12.7. The highest BCUT2D eigenvalue weighted by Crippen LogP contribution is 2.06. The zero-order chi connectivity index (χ0) is 13.9. The van der Waals surface area contributed by atoms with Gasteiger partial charge in [-0.2, -0.15) is 12.6 Å². The Hall–Kier alpha value is -1.29. The lowest BCUT2D eigenvalue weighted by atomic mass is 10.1. The quantitative estimate of drug-likeness (QED) is 0.551. The van der Waals surface area contributed by atoms with E-state index in [2.05, 4.69) is 17.9 Å². The summed E-state index contributed by atoms with van der Waals surface area (Å²) in [5.41, 5.74) is 0.682. The molecule has 0 aliphatic heterocycles. The highest BCUT2D eigenvalue weighted by atomic mass is 32.1. The molecular weight excluding hydrogens is 261 g/mol. The molecule has 0 unspecified atom stereocenters. The van der Waals surface area contributed by atoms with Crippen LogP contribution in [0.25, 0.3) is 0 Å². The molecule has 1 N–H and O–H groups in total. The molecule has 0 aliphatic carbocycles. The average molecular weight is 281 g/mol. The predicted octanol–water partition coefficient (Wildman–Crippen LogP) is 3.76. The SMILES string of the molecule is O=C(NCCCCC/C=C(\F)CS)c1ccccc1. The number of nitrogens with one attached hydrogen (secondary N) is 1. The summed E-state index contributed by atoms with van der Waals surface area (Å²) in [7, 11) is 0. The minimum atomic E-state index is -0.166. The first kappa shape index (κ1) is 15.8. The van der Waals surface area contributed by atoms with E-state index in [1.165, 1.54) is 0 Å². The number of benzene rings is 1. The largest absolute Gasteiger partial charge is 0.352 e. The molecule has 19 heavy (non-hydrogen) atoms. The normalized spacial score (nSPS) is 11.4. The van der Waals surface area contributed by atoms with Gasteiger partial charge in [0.2, 0.25) is 0 Å². The van der Waals surface area contributed by atoms with Crippen LogP contribution in [0.1, 0.15) is 36.0 Å². The smallest absolute Gasteiger partial charge is 0.251 e. The molecule has 0 radical (unpaired) electrons. The van der Waals surface area contributed by atoms with Crippen LogP contribution < -0.4 is 5.32 Å². The summed E-state index contributed by atoms with van der Waals surface area (Å²) >= 11 is 3.84. The standard InChI is InChI=1S/C15H20FNOS/c16-14(12-19)10-6-1-2-7-11-17-15(18)13-8-4-3-5-9-13/h3-5,8-10,19H,1-2,6-7,11-12H2,(H,17,18)/b14-10-. The Morgan fingerprint density at radius 2 is 1.95 bits per heavy atom. The molecule has 0 aliphatic rings. The highest BCUT2D eigenvalue weighted by molar-refractivity contribution is 7.80. The van der Waals surface area contributed by atoms with E-state index in [1.54, 1.807) is 18.2 Å². The van der Waals surface area contributed by atoms with Crippen LogP contribution in [0.15, 0.2) is 42.2 Å². The lowest BCUT2D eigenvalue weighted by Crippen LogP contribution is -2.24. The topological polar surface area (TPSA) is 29.1 Å². The second kappa shape index (κ2) is 9.62. The van der Waals surface area contributed by atoms with Gasteiger partial charge in [-0.25, -0.2) is 4.39 Å². The Bertz CT molecular complexity index is 406. The summed E-state index contributed by atoms with van der Waals surface area (Å²) in [6.45, 7) is 0.659. The van der Waals surface area contributed by atoms with E-state index >= 15 is 0 Å². The van der Waals surface area contributed by atoms with Gasteiger partial charge in [-0.05, 0) is 31.4 Å². The molecule has 2 nitrogen and oxygen atoms in total. The molecule has 1 rings (SSSR count). The first-order valence-corrected chi connectivity index (χ1v) is 7.16. The van der Waals surface area contributed by atoms with Gasteiger partial charge in [-0.15, -0.1) is 0 Å². The minimum Gasteiger partial charge on any atom is -0.352 e. The summed E-state index contributed by atoms with van der Waals surface area (Å²) in [6.07, 6.45) is 5.14. The van der Waals surface area contributed by atoms with Gasteiger partial charge in [-0.1, -0.05) is 30.7 Å². The van der Waals surface area contributed by atoms with E-state index in [9.17, 15) is 9.18 Å². The van der Waals surface area contributed by atoms with Crippen LogP contribution in [0.5, 0.6) is 0 Å². The van der Waals surface area contributed by atoms with Crippen molar-refractivity contribution in [1.29, 1.82) is 0 Å². The van der Waals surface area contributed by atoms with Crippen molar-refractivity contribution >= 4 is 18.5 Å². The zero-order valence-corrected chi connectivity index (χ0v) is 11.8. The van der Waals surface area contributed by atoms with Gasteiger partial charge in [0, 0.05) is 17.9 Å². The second-order valence-corrected chi connectivity index (χ2v) is 4.60. The fraction of sp³-hybridized carbons (Fsp3) is 0.400. The molecule has 4 heteroatoms. The highest BCUT2D eigenvalue weighted by Gasteiger charge is 2.02. The van der Waals surface area contributed by atoms with Gasteiger partial charge in [0.05, 0.1) is 0 Å². The van der Waals surface area contributed by atoms with Crippen LogP contribution in [0.4, 0.5) is 4.39 Å². The number of hydrogen-bond donors (Lipinski definition) is 2. The lowest BCUT2D eigenvalue weighted by Gasteiger charge is -2.04. The van der Waals surface area contributed by atoms with Gasteiger partial charge >= 0.3 is 0 Å². The van der Waals surface area contributed by atoms with Crippen molar-refractivity contribution < 1.29 is 9.18 Å². The molecule has 0 atom stereocenters. The number of thiol groups is 1. The van der Waals surface area contributed by atoms with Crippen LogP contribution in [-0.2, 0) is 0 Å². The summed E-state index contributed by atoms with van der Waals surface area (Å²) in [6, 6.07) is 9.16. The molecule has 0 heterocycles. The third kappa shape index (κ3) is 7.01. The third-order valence-corrected chi connectivity index (χ3v) is 3.02. The van der Waals surface area contributed by atoms with Crippen molar-refractivity contribution in [2.75, 3.05) is 12.3 Å².